The fourth-order valence-electron chi connectivity index (χ4n) is 4.95. The van der Waals surface area contributed by atoms with E-state index in [4.69, 9.17) is 4.74 Å². The van der Waals surface area contributed by atoms with Crippen molar-refractivity contribution in [3.05, 3.63) is 89.5 Å². The van der Waals surface area contributed by atoms with Crippen molar-refractivity contribution in [3.8, 4) is 11.1 Å². The lowest BCUT2D eigenvalue weighted by molar-refractivity contribution is -0.136. The van der Waals surface area contributed by atoms with Gasteiger partial charge in [-0.1, -0.05) is 61.5 Å². The molecule has 0 saturated carbocycles. The van der Waals surface area contributed by atoms with Crippen LogP contribution < -0.4 is 5.32 Å². The summed E-state index contributed by atoms with van der Waals surface area (Å²) in [6.45, 7) is 3.86. The van der Waals surface area contributed by atoms with Crippen LogP contribution >= 0.6 is 0 Å². The molecule has 0 fully saturated rings. The number of hydrogen-bond acceptors (Lipinski definition) is 4. The quantitative estimate of drug-likeness (QED) is 0.401. The number of nitrogens with one attached hydrogen (secondary N) is 1. The van der Waals surface area contributed by atoms with Gasteiger partial charge in [0.1, 0.15) is 0 Å². The summed E-state index contributed by atoms with van der Waals surface area (Å²) in [5.41, 5.74) is 1.65. The summed E-state index contributed by atoms with van der Waals surface area (Å²) in [6, 6.07) is 18.5. The predicted molar refractivity (Wildman–Crippen MR) is 150 cm³/mol. The number of carbonyl (C=O) groups excluding carboxylic acids is 2. The van der Waals surface area contributed by atoms with Gasteiger partial charge in [-0.25, -0.2) is 4.79 Å². The monoisotopic (exact) mass is 569 g/mol. The number of benzene rings is 3. The number of carbonyl (C=O) groups is 2. The largest absolute Gasteiger partial charge is 0.418 e. The van der Waals surface area contributed by atoms with Gasteiger partial charge in [-0.3, -0.25) is 4.79 Å². The molecule has 0 spiro atoms. The van der Waals surface area contributed by atoms with Gasteiger partial charge in [0.25, 0.3) is 5.91 Å². The highest BCUT2D eigenvalue weighted by molar-refractivity contribution is 6.01. The van der Waals surface area contributed by atoms with E-state index in [0.29, 0.717) is 5.56 Å². The smallest absolute Gasteiger partial charge is 0.394 e. The molecule has 1 aliphatic rings. The van der Waals surface area contributed by atoms with Gasteiger partial charge in [0.2, 0.25) is 0 Å². The second-order valence-corrected chi connectivity index (χ2v) is 10.4. The zero-order valence-electron chi connectivity index (χ0n) is 23.2. The highest BCUT2D eigenvalue weighted by atomic mass is 19.4. The van der Waals surface area contributed by atoms with E-state index in [9.17, 15) is 27.9 Å². The Morgan fingerprint density at radius 1 is 1.05 bits per heavy atom. The maximum absolute atomic E-state index is 13.9. The lowest BCUT2D eigenvalue weighted by Gasteiger charge is -2.35. The molecule has 1 heterocycles. The maximum Gasteiger partial charge on any atom is 0.418 e. The second kappa shape index (κ2) is 12.7. The molecule has 4 rings (SSSR count). The Morgan fingerprint density at radius 3 is 2.34 bits per heavy atom. The third-order valence-electron chi connectivity index (χ3n) is 7.37. The lowest BCUT2D eigenvalue weighted by Crippen LogP contribution is -2.48. The molecule has 0 aromatic heterocycles. The Balaban J connectivity index is 1.64. The van der Waals surface area contributed by atoms with Crippen LogP contribution in [0.25, 0.3) is 11.1 Å². The molecule has 0 unspecified atom stereocenters. The van der Waals surface area contributed by atoms with Crippen LogP contribution in [-0.4, -0.2) is 65.7 Å². The molecule has 10 heteroatoms. The second-order valence-electron chi connectivity index (χ2n) is 10.4. The average molecular weight is 570 g/mol. The van der Waals surface area contributed by atoms with Crippen molar-refractivity contribution in [1.82, 2.24) is 9.80 Å². The van der Waals surface area contributed by atoms with Crippen molar-refractivity contribution in [2.45, 2.75) is 38.8 Å². The topological polar surface area (TPSA) is 82.1 Å². The fourth-order valence-corrected chi connectivity index (χ4v) is 4.95. The van der Waals surface area contributed by atoms with E-state index in [0.717, 1.165) is 22.8 Å². The fraction of sp³-hybridized carbons (Fsp3) is 0.355. The number of aliphatic hydroxyl groups is 1. The molecular weight excluding hydrogens is 535 g/mol. The van der Waals surface area contributed by atoms with Crippen molar-refractivity contribution in [1.29, 1.82) is 0 Å². The predicted octanol–water partition coefficient (Wildman–Crippen LogP) is 5.89. The third-order valence-corrected chi connectivity index (χ3v) is 7.37. The summed E-state index contributed by atoms with van der Waals surface area (Å²) in [5, 5.41) is 12.3. The van der Waals surface area contributed by atoms with E-state index in [1.165, 1.54) is 30.1 Å². The highest BCUT2D eigenvalue weighted by Crippen LogP contribution is 2.35. The van der Waals surface area contributed by atoms with E-state index in [1.54, 1.807) is 24.0 Å². The normalized spacial score (nSPS) is 18.5. The van der Waals surface area contributed by atoms with Crippen LogP contribution in [0.1, 0.15) is 35.3 Å². The van der Waals surface area contributed by atoms with Gasteiger partial charge in [0, 0.05) is 31.6 Å². The number of nitrogens with zero attached hydrogens (tertiary/aromatic N) is 2. The van der Waals surface area contributed by atoms with Crippen LogP contribution in [-0.2, 0) is 17.5 Å². The first kappa shape index (κ1) is 30.1. The number of aliphatic hydroxyl groups excluding tert-OH is 1. The van der Waals surface area contributed by atoms with Crippen molar-refractivity contribution < 1.29 is 32.6 Å². The van der Waals surface area contributed by atoms with Crippen LogP contribution in [0.3, 0.4) is 0 Å². The Bertz CT molecular complexity index is 1380. The molecule has 2 N–H and O–H groups in total. The van der Waals surface area contributed by atoms with Crippen molar-refractivity contribution in [2.24, 2.45) is 5.92 Å². The summed E-state index contributed by atoms with van der Waals surface area (Å²) in [5.74, 6) is -0.539. The van der Waals surface area contributed by atoms with E-state index >= 15 is 0 Å². The standard InChI is InChI=1S/C31H34F3N3O4/c1-20-16-37(21(2)18-38)29(39)25-13-7-6-12-24(25)23-11-5-4-10-22(23)19-41-28(20)17-36(3)30(40)35-27-15-9-8-14-26(27)31(32,33)34/h4-15,20-21,28,38H,16-19H2,1-3H3,(H,35,40)/t20-,21+,28-/m1/s1. The zero-order valence-corrected chi connectivity index (χ0v) is 23.2. The number of hydrogen-bond donors (Lipinski definition) is 2. The van der Waals surface area contributed by atoms with Crippen LogP contribution in [0.5, 0.6) is 0 Å². The van der Waals surface area contributed by atoms with E-state index in [-0.39, 0.29) is 43.8 Å². The average Bonchev–Trinajstić information content (AvgIpc) is 2.97. The van der Waals surface area contributed by atoms with Gasteiger partial charge < -0.3 is 25.0 Å². The maximum atomic E-state index is 13.9. The van der Waals surface area contributed by atoms with Gasteiger partial charge in [0.15, 0.2) is 0 Å². The number of amides is 3. The molecule has 3 aromatic carbocycles. The van der Waals surface area contributed by atoms with Gasteiger partial charge in [-0.15, -0.1) is 0 Å². The minimum absolute atomic E-state index is 0.0475. The van der Waals surface area contributed by atoms with Crippen LogP contribution in [0.4, 0.5) is 23.7 Å². The number of anilines is 1. The molecule has 3 atom stereocenters. The van der Waals surface area contributed by atoms with E-state index in [2.05, 4.69) is 5.32 Å². The van der Waals surface area contributed by atoms with Crippen molar-refractivity contribution in [2.75, 3.05) is 32.1 Å². The van der Waals surface area contributed by atoms with Crippen LogP contribution in [0.15, 0.2) is 72.8 Å². The van der Waals surface area contributed by atoms with Gasteiger partial charge in [0.05, 0.1) is 36.6 Å². The van der Waals surface area contributed by atoms with E-state index in [1.807, 2.05) is 43.3 Å². The summed E-state index contributed by atoms with van der Waals surface area (Å²) >= 11 is 0. The number of halogens is 3. The summed E-state index contributed by atoms with van der Waals surface area (Å²) in [6.07, 6.45) is -5.21. The minimum atomic E-state index is -4.63. The zero-order chi connectivity index (χ0) is 29.7. The van der Waals surface area contributed by atoms with Crippen LogP contribution in [0, 0.1) is 5.92 Å². The minimum Gasteiger partial charge on any atom is -0.394 e. The van der Waals surface area contributed by atoms with Gasteiger partial charge in [-0.05, 0) is 41.8 Å². The summed E-state index contributed by atoms with van der Waals surface area (Å²) < 4.78 is 46.8. The Labute approximate surface area is 237 Å². The van der Waals surface area contributed by atoms with Gasteiger partial charge in [-0.2, -0.15) is 13.2 Å². The Hall–Kier alpha value is -3.89. The molecule has 0 saturated heterocycles. The molecule has 0 bridgehead atoms. The third kappa shape index (κ3) is 6.89. The van der Waals surface area contributed by atoms with Crippen molar-refractivity contribution >= 4 is 17.6 Å². The number of para-hydroxylation sites is 1. The van der Waals surface area contributed by atoms with Crippen LogP contribution in [0.2, 0.25) is 0 Å². The first-order valence-electron chi connectivity index (χ1n) is 13.4. The Morgan fingerprint density at radius 2 is 1.66 bits per heavy atom. The molecule has 3 aromatic rings. The molecular formula is C31H34F3N3O4. The summed E-state index contributed by atoms with van der Waals surface area (Å²) in [7, 11) is 1.48. The number of rotatable bonds is 5. The first-order chi connectivity index (χ1) is 19.5. The summed E-state index contributed by atoms with van der Waals surface area (Å²) in [4.78, 5) is 29.8. The Kier molecular flexibility index (Phi) is 9.35. The van der Waals surface area contributed by atoms with Crippen molar-refractivity contribution in [3.63, 3.8) is 0 Å². The number of alkyl halides is 3. The van der Waals surface area contributed by atoms with Gasteiger partial charge >= 0.3 is 12.2 Å². The number of fused-ring (bicyclic) bond motifs is 3. The number of likely N-dealkylation sites (N-methyl/N-ethyl adjacent to an activating group) is 1. The molecule has 3 amide bonds. The van der Waals surface area contributed by atoms with E-state index < -0.39 is 29.9 Å². The highest BCUT2D eigenvalue weighted by Gasteiger charge is 2.35. The number of ether oxygens (including phenoxy) is 1. The molecule has 0 radical (unpaired) electrons. The lowest BCUT2D eigenvalue weighted by atomic mass is 9.94. The molecule has 41 heavy (non-hydrogen) atoms. The molecule has 1 aliphatic heterocycles. The molecule has 7 nitrogen and oxygen atoms in total. The first-order valence-corrected chi connectivity index (χ1v) is 13.4. The molecule has 218 valence electrons. The molecule has 0 aliphatic carbocycles. The number of urea groups is 1. The SMILES string of the molecule is C[C@@H]1CN([C@@H](C)CO)C(=O)c2ccccc2-c2ccccc2CO[C@@H]1CN(C)C(=O)Nc1ccccc1C(F)(F)F.